The molecule has 146 valence electrons. The topological polar surface area (TPSA) is 97.4 Å². The van der Waals surface area contributed by atoms with Crippen molar-refractivity contribution in [2.24, 2.45) is 0 Å². The number of halogens is 1. The van der Waals surface area contributed by atoms with Gasteiger partial charge in [0, 0.05) is 22.7 Å². The summed E-state index contributed by atoms with van der Waals surface area (Å²) in [6.07, 6.45) is -0.0588. The lowest BCUT2D eigenvalue weighted by molar-refractivity contribution is 0.0957. The summed E-state index contributed by atoms with van der Waals surface area (Å²) in [5, 5.41) is 16.4. The van der Waals surface area contributed by atoms with Crippen LogP contribution in [0.5, 0.6) is 0 Å². The quantitative estimate of drug-likeness (QED) is 0.589. The number of nitrogens with one attached hydrogen (secondary N) is 1. The molecule has 1 aromatic carbocycles. The van der Waals surface area contributed by atoms with Crippen molar-refractivity contribution < 1.29 is 19.1 Å². The summed E-state index contributed by atoms with van der Waals surface area (Å²) in [6.45, 7) is 3.98. The number of carbonyl (C=O) groups is 2. The van der Waals surface area contributed by atoms with Crippen molar-refractivity contribution in [2.75, 3.05) is 11.9 Å². The second-order valence-electron chi connectivity index (χ2n) is 6.39. The number of benzene rings is 1. The molecular formula is C20H20ClN3O4. The van der Waals surface area contributed by atoms with Crippen LogP contribution in [-0.4, -0.2) is 33.2 Å². The number of aliphatic hydroxyl groups excluding tert-OH is 1. The Kier molecular flexibility index (Phi) is 5.96. The molecule has 0 aliphatic rings. The van der Waals surface area contributed by atoms with Gasteiger partial charge >= 0.3 is 0 Å². The van der Waals surface area contributed by atoms with Gasteiger partial charge in [-0.2, -0.15) is 5.10 Å². The third-order valence-corrected chi connectivity index (χ3v) is 4.40. The van der Waals surface area contributed by atoms with E-state index in [1.807, 2.05) is 19.9 Å². The lowest BCUT2D eigenvalue weighted by Gasteiger charge is -2.10. The Hall–Kier alpha value is -2.90. The molecule has 0 spiro atoms. The van der Waals surface area contributed by atoms with Crippen LogP contribution in [0, 0.1) is 13.8 Å². The molecule has 1 amide bonds. The minimum Gasteiger partial charge on any atom is -0.454 e. The van der Waals surface area contributed by atoms with Gasteiger partial charge in [-0.25, -0.2) is 0 Å². The number of ketones is 1. The molecule has 0 saturated carbocycles. The number of carbonyl (C=O) groups excluding carboxylic acids is 2. The number of aryl methyl sites for hydroxylation is 2. The smallest absolute Gasteiger partial charge is 0.291 e. The molecule has 0 unspecified atom stereocenters. The van der Waals surface area contributed by atoms with Gasteiger partial charge in [0.05, 0.1) is 24.5 Å². The fourth-order valence-corrected chi connectivity index (χ4v) is 3.02. The van der Waals surface area contributed by atoms with E-state index in [-0.39, 0.29) is 30.1 Å². The second kappa shape index (κ2) is 8.41. The molecule has 0 aliphatic carbocycles. The van der Waals surface area contributed by atoms with Crippen LogP contribution in [0.4, 0.5) is 5.69 Å². The molecule has 0 aliphatic heterocycles. The van der Waals surface area contributed by atoms with Crippen LogP contribution in [0.15, 0.2) is 40.8 Å². The van der Waals surface area contributed by atoms with Gasteiger partial charge in [0.25, 0.3) is 5.91 Å². The first kappa shape index (κ1) is 19.9. The summed E-state index contributed by atoms with van der Waals surface area (Å²) >= 11 is 5.96. The third-order valence-electron chi connectivity index (χ3n) is 4.16. The van der Waals surface area contributed by atoms with Crippen molar-refractivity contribution in [3.8, 4) is 0 Å². The number of hydrogen-bond acceptors (Lipinski definition) is 5. The number of anilines is 1. The highest BCUT2D eigenvalue weighted by atomic mass is 35.5. The molecule has 2 aromatic heterocycles. The summed E-state index contributed by atoms with van der Waals surface area (Å²) in [5.41, 5.74) is 2.45. The molecule has 0 atom stereocenters. The first-order valence-electron chi connectivity index (χ1n) is 8.72. The van der Waals surface area contributed by atoms with Crippen LogP contribution in [0.1, 0.15) is 44.5 Å². The van der Waals surface area contributed by atoms with Gasteiger partial charge < -0.3 is 14.8 Å². The molecular weight excluding hydrogens is 382 g/mol. The van der Waals surface area contributed by atoms with E-state index in [4.69, 9.17) is 21.1 Å². The summed E-state index contributed by atoms with van der Waals surface area (Å²) in [4.78, 5) is 24.7. The van der Waals surface area contributed by atoms with Gasteiger partial charge in [-0.1, -0.05) is 11.6 Å². The first-order valence-corrected chi connectivity index (χ1v) is 9.10. The molecule has 3 rings (SSSR count). The van der Waals surface area contributed by atoms with E-state index in [1.54, 1.807) is 28.9 Å². The maximum Gasteiger partial charge on any atom is 0.291 e. The van der Waals surface area contributed by atoms with E-state index in [1.165, 1.54) is 6.07 Å². The van der Waals surface area contributed by atoms with Crippen LogP contribution in [-0.2, 0) is 6.54 Å². The number of aromatic nitrogens is 2. The van der Waals surface area contributed by atoms with Gasteiger partial charge in [0.15, 0.2) is 11.5 Å². The predicted molar refractivity (Wildman–Crippen MR) is 105 cm³/mol. The van der Waals surface area contributed by atoms with Crippen LogP contribution in [0.2, 0.25) is 5.02 Å². The monoisotopic (exact) mass is 401 g/mol. The second-order valence-corrected chi connectivity index (χ2v) is 6.83. The molecule has 3 aromatic rings. The summed E-state index contributed by atoms with van der Waals surface area (Å²) in [7, 11) is 0. The van der Waals surface area contributed by atoms with Crippen molar-refractivity contribution in [3.63, 3.8) is 0 Å². The normalized spacial score (nSPS) is 10.9. The van der Waals surface area contributed by atoms with E-state index >= 15 is 0 Å². The van der Waals surface area contributed by atoms with Crippen molar-refractivity contribution in [3.05, 3.63) is 69.9 Å². The molecule has 0 radical (unpaired) electrons. The van der Waals surface area contributed by atoms with Gasteiger partial charge in [-0.05, 0) is 50.2 Å². The van der Waals surface area contributed by atoms with Crippen molar-refractivity contribution in [1.29, 1.82) is 0 Å². The largest absolute Gasteiger partial charge is 0.454 e. The summed E-state index contributed by atoms with van der Waals surface area (Å²) in [5.74, 6) is -0.0963. The van der Waals surface area contributed by atoms with Gasteiger partial charge in [0.1, 0.15) is 5.76 Å². The molecule has 0 fully saturated rings. The third kappa shape index (κ3) is 4.49. The van der Waals surface area contributed by atoms with E-state index in [0.29, 0.717) is 23.0 Å². The van der Waals surface area contributed by atoms with E-state index < -0.39 is 5.91 Å². The predicted octanol–water partition coefficient (Wildman–Crippen LogP) is 3.61. The zero-order valence-corrected chi connectivity index (χ0v) is 16.3. The number of hydrogen-bond donors (Lipinski definition) is 2. The van der Waals surface area contributed by atoms with E-state index in [2.05, 4.69) is 10.4 Å². The van der Waals surface area contributed by atoms with Crippen LogP contribution in [0.3, 0.4) is 0 Å². The molecule has 2 heterocycles. The van der Waals surface area contributed by atoms with Gasteiger partial charge in [-0.15, -0.1) is 0 Å². The number of furan rings is 1. The Morgan fingerprint density at radius 2 is 2.00 bits per heavy atom. The lowest BCUT2D eigenvalue weighted by atomic mass is 10.1. The Morgan fingerprint density at radius 1 is 1.21 bits per heavy atom. The Morgan fingerprint density at radius 3 is 2.68 bits per heavy atom. The Balaban J connectivity index is 1.76. The van der Waals surface area contributed by atoms with Crippen molar-refractivity contribution >= 4 is 29.0 Å². The van der Waals surface area contributed by atoms with Crippen LogP contribution < -0.4 is 5.32 Å². The zero-order chi connectivity index (χ0) is 20.3. The molecule has 2 N–H and O–H groups in total. The lowest BCUT2D eigenvalue weighted by Crippen LogP contribution is -2.15. The number of Topliss-reactive ketones (excluding diaryl/α,β-unsaturated/α-hetero) is 1. The average molecular weight is 402 g/mol. The number of rotatable bonds is 7. The molecule has 0 bridgehead atoms. The standard InChI is InChI=1S/C20H20ClN3O4/c1-12-9-13(2)24(23-12)11-15-4-6-19(28-15)20(27)22-17-5-3-14(21)10-16(17)18(26)7-8-25/h3-6,9-10,25H,7-8,11H2,1-2H3,(H,22,27). The number of amides is 1. The zero-order valence-electron chi connectivity index (χ0n) is 15.5. The van der Waals surface area contributed by atoms with E-state index in [0.717, 1.165) is 11.4 Å². The number of aliphatic hydroxyl groups is 1. The Bertz CT molecular complexity index is 1020. The van der Waals surface area contributed by atoms with E-state index in [9.17, 15) is 9.59 Å². The van der Waals surface area contributed by atoms with Gasteiger partial charge in [0.2, 0.25) is 0 Å². The Labute approximate surface area is 166 Å². The molecule has 8 heteroatoms. The SMILES string of the molecule is Cc1cc(C)n(Cc2ccc(C(=O)Nc3ccc(Cl)cc3C(=O)CCO)o2)n1. The van der Waals surface area contributed by atoms with Crippen LogP contribution >= 0.6 is 11.6 Å². The van der Waals surface area contributed by atoms with Gasteiger partial charge in [-0.3, -0.25) is 14.3 Å². The fraction of sp³-hybridized carbons (Fsp3) is 0.250. The molecule has 7 nitrogen and oxygen atoms in total. The number of nitrogens with zero attached hydrogens (tertiary/aromatic N) is 2. The van der Waals surface area contributed by atoms with Crippen molar-refractivity contribution in [1.82, 2.24) is 9.78 Å². The van der Waals surface area contributed by atoms with Crippen LogP contribution in [0.25, 0.3) is 0 Å². The maximum atomic E-state index is 12.5. The summed E-state index contributed by atoms with van der Waals surface area (Å²) < 4.78 is 7.43. The minimum atomic E-state index is -0.486. The van der Waals surface area contributed by atoms with Crippen molar-refractivity contribution in [2.45, 2.75) is 26.8 Å². The summed E-state index contributed by atoms with van der Waals surface area (Å²) in [6, 6.07) is 9.83. The highest BCUT2D eigenvalue weighted by Crippen LogP contribution is 2.23. The first-order chi connectivity index (χ1) is 13.4. The maximum absolute atomic E-state index is 12.5. The highest BCUT2D eigenvalue weighted by molar-refractivity contribution is 6.31. The molecule has 0 saturated heterocycles. The fourth-order valence-electron chi connectivity index (χ4n) is 2.84. The molecule has 28 heavy (non-hydrogen) atoms. The average Bonchev–Trinajstić information content (AvgIpc) is 3.23. The highest BCUT2D eigenvalue weighted by Gasteiger charge is 2.17. The minimum absolute atomic E-state index is 0.0588.